The molecule has 0 bridgehead atoms. The highest BCUT2D eigenvalue weighted by atomic mass is 19.4. The second kappa shape index (κ2) is 6.13. The van der Waals surface area contributed by atoms with Gasteiger partial charge in [0, 0.05) is 18.8 Å². The number of benzene rings is 1. The van der Waals surface area contributed by atoms with E-state index >= 15 is 0 Å². The van der Waals surface area contributed by atoms with Gasteiger partial charge in [-0.2, -0.15) is 0 Å². The van der Waals surface area contributed by atoms with E-state index in [1.165, 1.54) is 24.3 Å². The van der Waals surface area contributed by atoms with Gasteiger partial charge in [0.1, 0.15) is 5.75 Å². The molecule has 1 N–H and O–H groups in total. The number of aliphatic hydroxyl groups excluding tert-OH is 1. The van der Waals surface area contributed by atoms with Crippen LogP contribution in [0.5, 0.6) is 5.75 Å². The van der Waals surface area contributed by atoms with Gasteiger partial charge in [0.05, 0.1) is 6.10 Å². The SMILES string of the molecule is Cc1cncc(C(O)Cc2ccc(OC(F)(F)F)cc2)c1. The summed E-state index contributed by atoms with van der Waals surface area (Å²) >= 11 is 0. The van der Waals surface area contributed by atoms with E-state index in [0.717, 1.165) is 5.56 Å². The van der Waals surface area contributed by atoms with Crippen molar-refractivity contribution in [1.82, 2.24) is 4.98 Å². The van der Waals surface area contributed by atoms with E-state index < -0.39 is 12.5 Å². The van der Waals surface area contributed by atoms with Crippen LogP contribution in [0.4, 0.5) is 13.2 Å². The number of hydrogen-bond donors (Lipinski definition) is 1. The van der Waals surface area contributed by atoms with Gasteiger partial charge in [0.25, 0.3) is 0 Å². The topological polar surface area (TPSA) is 42.4 Å². The van der Waals surface area contributed by atoms with E-state index in [9.17, 15) is 18.3 Å². The van der Waals surface area contributed by atoms with Crippen molar-refractivity contribution in [3.63, 3.8) is 0 Å². The fourth-order valence-electron chi connectivity index (χ4n) is 1.93. The monoisotopic (exact) mass is 297 g/mol. The molecule has 0 aliphatic heterocycles. The number of alkyl halides is 3. The fraction of sp³-hybridized carbons (Fsp3) is 0.267. The maximum absolute atomic E-state index is 12.0. The smallest absolute Gasteiger partial charge is 0.406 e. The van der Waals surface area contributed by atoms with E-state index in [1.807, 2.05) is 13.0 Å². The molecule has 2 rings (SSSR count). The van der Waals surface area contributed by atoms with E-state index in [1.54, 1.807) is 12.4 Å². The third-order valence-corrected chi connectivity index (χ3v) is 2.87. The molecule has 1 heterocycles. The van der Waals surface area contributed by atoms with Crippen LogP contribution in [0.15, 0.2) is 42.7 Å². The second-order valence-corrected chi connectivity index (χ2v) is 4.71. The largest absolute Gasteiger partial charge is 0.573 e. The molecule has 2 aromatic rings. The molecule has 0 radical (unpaired) electrons. The molecule has 1 aromatic heterocycles. The first-order valence-corrected chi connectivity index (χ1v) is 6.28. The number of halogens is 3. The number of rotatable bonds is 4. The normalized spacial score (nSPS) is 13.0. The average Bonchev–Trinajstić information content (AvgIpc) is 2.39. The summed E-state index contributed by atoms with van der Waals surface area (Å²) in [5.41, 5.74) is 2.31. The van der Waals surface area contributed by atoms with Crippen LogP contribution in [0.1, 0.15) is 22.8 Å². The van der Waals surface area contributed by atoms with E-state index in [-0.39, 0.29) is 12.2 Å². The molecule has 1 atom stereocenters. The Hall–Kier alpha value is -2.08. The number of aliphatic hydroxyl groups is 1. The maximum atomic E-state index is 12.0. The van der Waals surface area contributed by atoms with Crippen molar-refractivity contribution in [2.75, 3.05) is 0 Å². The fourth-order valence-corrected chi connectivity index (χ4v) is 1.93. The van der Waals surface area contributed by atoms with Crippen LogP contribution in [-0.2, 0) is 6.42 Å². The van der Waals surface area contributed by atoms with Crippen LogP contribution < -0.4 is 4.74 Å². The van der Waals surface area contributed by atoms with Gasteiger partial charge >= 0.3 is 6.36 Å². The minimum absolute atomic E-state index is 0.280. The highest BCUT2D eigenvalue weighted by molar-refractivity contribution is 5.29. The van der Waals surface area contributed by atoms with Crippen molar-refractivity contribution < 1.29 is 23.0 Å². The quantitative estimate of drug-likeness (QED) is 0.938. The van der Waals surface area contributed by atoms with Gasteiger partial charge in [0.15, 0.2) is 0 Å². The molecule has 6 heteroatoms. The molecule has 112 valence electrons. The lowest BCUT2D eigenvalue weighted by Crippen LogP contribution is -2.17. The Balaban J connectivity index is 2.03. The number of nitrogens with zero attached hydrogens (tertiary/aromatic N) is 1. The minimum atomic E-state index is -4.70. The van der Waals surface area contributed by atoms with Gasteiger partial charge in [-0.3, -0.25) is 4.98 Å². The Labute approximate surface area is 120 Å². The average molecular weight is 297 g/mol. The zero-order chi connectivity index (χ0) is 15.5. The molecule has 0 aliphatic rings. The predicted octanol–water partition coefficient (Wildman–Crippen LogP) is 3.56. The van der Waals surface area contributed by atoms with Crippen LogP contribution in [0, 0.1) is 6.92 Å². The molecule has 1 aromatic carbocycles. The summed E-state index contributed by atoms with van der Waals surface area (Å²) in [6.07, 6.45) is -1.92. The summed E-state index contributed by atoms with van der Waals surface area (Å²) in [5, 5.41) is 10.1. The number of aryl methyl sites for hydroxylation is 1. The van der Waals surface area contributed by atoms with Crippen molar-refractivity contribution in [3.05, 3.63) is 59.4 Å². The summed E-state index contributed by atoms with van der Waals surface area (Å²) in [6, 6.07) is 7.26. The maximum Gasteiger partial charge on any atom is 0.573 e. The highest BCUT2D eigenvalue weighted by Gasteiger charge is 2.30. The van der Waals surface area contributed by atoms with Crippen LogP contribution in [-0.4, -0.2) is 16.5 Å². The van der Waals surface area contributed by atoms with E-state index in [0.29, 0.717) is 11.1 Å². The summed E-state index contributed by atoms with van der Waals surface area (Å²) in [6.45, 7) is 1.87. The van der Waals surface area contributed by atoms with Gasteiger partial charge in [-0.05, 0) is 35.7 Å². The Morgan fingerprint density at radius 2 is 1.86 bits per heavy atom. The number of aromatic nitrogens is 1. The second-order valence-electron chi connectivity index (χ2n) is 4.71. The molecular formula is C15H14F3NO2. The van der Waals surface area contributed by atoms with Gasteiger partial charge in [-0.1, -0.05) is 18.2 Å². The Morgan fingerprint density at radius 3 is 2.43 bits per heavy atom. The molecule has 0 fully saturated rings. The molecular weight excluding hydrogens is 283 g/mol. The first kappa shape index (κ1) is 15.3. The van der Waals surface area contributed by atoms with Crippen molar-refractivity contribution in [3.8, 4) is 5.75 Å². The minimum Gasteiger partial charge on any atom is -0.406 e. The van der Waals surface area contributed by atoms with Crippen LogP contribution in [0.3, 0.4) is 0 Å². The van der Waals surface area contributed by atoms with E-state index in [2.05, 4.69) is 9.72 Å². The van der Waals surface area contributed by atoms with Crippen LogP contribution in [0.25, 0.3) is 0 Å². The third-order valence-electron chi connectivity index (χ3n) is 2.87. The summed E-state index contributed by atoms with van der Waals surface area (Å²) in [4.78, 5) is 4.00. The van der Waals surface area contributed by atoms with Crippen LogP contribution in [0.2, 0.25) is 0 Å². The summed E-state index contributed by atoms with van der Waals surface area (Å²) in [7, 11) is 0. The molecule has 3 nitrogen and oxygen atoms in total. The molecule has 0 saturated heterocycles. The third kappa shape index (κ3) is 4.75. The van der Waals surface area contributed by atoms with Crippen molar-refractivity contribution >= 4 is 0 Å². The zero-order valence-corrected chi connectivity index (χ0v) is 11.3. The summed E-state index contributed by atoms with van der Waals surface area (Å²) in [5.74, 6) is -0.280. The van der Waals surface area contributed by atoms with Crippen LogP contribution >= 0.6 is 0 Å². The number of hydrogen-bond acceptors (Lipinski definition) is 3. The lowest BCUT2D eigenvalue weighted by Gasteiger charge is -2.12. The highest BCUT2D eigenvalue weighted by Crippen LogP contribution is 2.24. The summed E-state index contributed by atoms with van der Waals surface area (Å²) < 4.78 is 39.9. The van der Waals surface area contributed by atoms with Crippen molar-refractivity contribution in [1.29, 1.82) is 0 Å². The van der Waals surface area contributed by atoms with Gasteiger partial charge < -0.3 is 9.84 Å². The van der Waals surface area contributed by atoms with E-state index in [4.69, 9.17) is 0 Å². The van der Waals surface area contributed by atoms with Gasteiger partial charge in [0.2, 0.25) is 0 Å². The molecule has 0 aliphatic carbocycles. The Morgan fingerprint density at radius 1 is 1.19 bits per heavy atom. The predicted molar refractivity (Wildman–Crippen MR) is 70.8 cm³/mol. The molecule has 1 unspecified atom stereocenters. The van der Waals surface area contributed by atoms with Gasteiger partial charge in [-0.25, -0.2) is 0 Å². The number of ether oxygens (including phenoxy) is 1. The zero-order valence-electron chi connectivity index (χ0n) is 11.3. The Kier molecular flexibility index (Phi) is 4.47. The molecule has 0 saturated carbocycles. The molecule has 0 amide bonds. The van der Waals surface area contributed by atoms with Gasteiger partial charge in [-0.15, -0.1) is 13.2 Å². The first-order valence-electron chi connectivity index (χ1n) is 6.28. The standard InChI is InChI=1S/C15H14F3NO2/c1-10-6-12(9-19-8-10)14(20)7-11-2-4-13(5-3-11)21-15(16,17)18/h2-6,8-9,14,20H,7H2,1H3. The molecule has 0 spiro atoms. The van der Waals surface area contributed by atoms with Crippen molar-refractivity contribution in [2.24, 2.45) is 0 Å². The molecule has 21 heavy (non-hydrogen) atoms. The lowest BCUT2D eigenvalue weighted by atomic mass is 10.0. The first-order chi connectivity index (χ1) is 9.83. The lowest BCUT2D eigenvalue weighted by molar-refractivity contribution is -0.274. The van der Waals surface area contributed by atoms with Crippen molar-refractivity contribution in [2.45, 2.75) is 25.8 Å². The Bertz CT molecular complexity index is 597. The number of pyridine rings is 1.